The minimum Gasteiger partial charge on any atom is -0.384 e. The molecule has 0 saturated heterocycles. The minimum atomic E-state index is 0.245. The van der Waals surface area contributed by atoms with Crippen molar-refractivity contribution in [3.05, 3.63) is 17.7 Å². The fraction of sp³-hybridized carbons (Fsp3) is 0.455. The van der Waals surface area contributed by atoms with E-state index in [-0.39, 0.29) is 5.92 Å². The molecule has 2 rings (SSSR count). The Balaban J connectivity index is 2.32. The molecule has 0 spiro atoms. The molecule has 2 heterocycles. The lowest BCUT2D eigenvalue weighted by Gasteiger charge is -2.07. The average Bonchev–Trinajstić information content (AvgIpc) is 2.60. The van der Waals surface area contributed by atoms with Crippen LogP contribution in [0.5, 0.6) is 0 Å². The number of hydrogen-bond acceptors (Lipinski definition) is 6. The minimum absolute atomic E-state index is 0.245. The van der Waals surface area contributed by atoms with Crippen LogP contribution in [0.15, 0.2) is 16.2 Å². The number of hydrogen-bond donors (Lipinski definition) is 1. The SMILES string of the molecule is Cc1nnc(Sc2cc(N)nc(C(C)C)n2)n1C. The molecule has 0 aliphatic rings. The van der Waals surface area contributed by atoms with Gasteiger partial charge in [0.2, 0.25) is 0 Å². The monoisotopic (exact) mass is 264 g/mol. The van der Waals surface area contributed by atoms with E-state index in [1.165, 1.54) is 11.8 Å². The molecule has 2 N–H and O–H groups in total. The van der Waals surface area contributed by atoms with Gasteiger partial charge in [-0.3, -0.25) is 0 Å². The molecule has 0 bridgehead atoms. The number of nitrogens with two attached hydrogens (primary N) is 1. The predicted octanol–water partition coefficient (Wildman–Crippen LogP) is 1.77. The van der Waals surface area contributed by atoms with E-state index in [0.29, 0.717) is 5.82 Å². The van der Waals surface area contributed by atoms with E-state index in [1.54, 1.807) is 6.07 Å². The Labute approximate surface area is 110 Å². The molecule has 0 unspecified atom stereocenters. The van der Waals surface area contributed by atoms with Gasteiger partial charge in [-0.2, -0.15) is 0 Å². The van der Waals surface area contributed by atoms with Crippen molar-refractivity contribution in [3.8, 4) is 0 Å². The molecular weight excluding hydrogens is 248 g/mol. The molecule has 96 valence electrons. The lowest BCUT2D eigenvalue weighted by molar-refractivity contribution is 0.747. The lowest BCUT2D eigenvalue weighted by Crippen LogP contribution is -2.03. The average molecular weight is 264 g/mol. The van der Waals surface area contributed by atoms with E-state index in [2.05, 4.69) is 20.2 Å². The first kappa shape index (κ1) is 12.8. The summed E-state index contributed by atoms with van der Waals surface area (Å²) in [6, 6.07) is 1.75. The summed E-state index contributed by atoms with van der Waals surface area (Å²) in [6.07, 6.45) is 0. The van der Waals surface area contributed by atoms with Gasteiger partial charge in [-0.1, -0.05) is 13.8 Å². The summed E-state index contributed by atoms with van der Waals surface area (Å²) in [6.45, 7) is 5.98. The van der Waals surface area contributed by atoms with Gasteiger partial charge < -0.3 is 10.3 Å². The van der Waals surface area contributed by atoms with Crippen molar-refractivity contribution in [3.63, 3.8) is 0 Å². The summed E-state index contributed by atoms with van der Waals surface area (Å²) in [5.74, 6) is 2.34. The smallest absolute Gasteiger partial charge is 0.197 e. The van der Waals surface area contributed by atoms with Gasteiger partial charge in [-0.25, -0.2) is 9.97 Å². The summed E-state index contributed by atoms with van der Waals surface area (Å²) in [4.78, 5) is 8.68. The van der Waals surface area contributed by atoms with Crippen molar-refractivity contribution < 1.29 is 0 Å². The number of rotatable bonds is 3. The molecule has 0 atom stereocenters. The van der Waals surface area contributed by atoms with E-state index in [4.69, 9.17) is 5.73 Å². The van der Waals surface area contributed by atoms with Crippen molar-refractivity contribution in [2.75, 3.05) is 5.73 Å². The Morgan fingerprint density at radius 2 is 2.00 bits per heavy atom. The Morgan fingerprint density at radius 3 is 2.56 bits per heavy atom. The largest absolute Gasteiger partial charge is 0.384 e. The van der Waals surface area contributed by atoms with Gasteiger partial charge in [-0.15, -0.1) is 10.2 Å². The third-order valence-corrected chi connectivity index (χ3v) is 3.46. The second-order valence-corrected chi connectivity index (χ2v) is 5.32. The zero-order chi connectivity index (χ0) is 13.3. The molecule has 0 aliphatic heterocycles. The van der Waals surface area contributed by atoms with Crippen LogP contribution in [0, 0.1) is 6.92 Å². The van der Waals surface area contributed by atoms with Crippen LogP contribution in [0.3, 0.4) is 0 Å². The van der Waals surface area contributed by atoms with E-state index in [9.17, 15) is 0 Å². The van der Waals surface area contributed by atoms with Crippen LogP contribution >= 0.6 is 11.8 Å². The molecule has 0 aliphatic carbocycles. The predicted molar refractivity (Wildman–Crippen MR) is 70.4 cm³/mol. The first-order valence-electron chi connectivity index (χ1n) is 5.65. The zero-order valence-corrected chi connectivity index (χ0v) is 11.7. The highest BCUT2D eigenvalue weighted by molar-refractivity contribution is 7.99. The van der Waals surface area contributed by atoms with Gasteiger partial charge in [0, 0.05) is 19.0 Å². The van der Waals surface area contributed by atoms with Gasteiger partial charge in [0.1, 0.15) is 22.5 Å². The molecule has 6 nitrogen and oxygen atoms in total. The topological polar surface area (TPSA) is 82.5 Å². The summed E-state index contributed by atoms with van der Waals surface area (Å²) < 4.78 is 1.91. The molecule has 0 amide bonds. The van der Waals surface area contributed by atoms with Crippen molar-refractivity contribution in [1.29, 1.82) is 0 Å². The Kier molecular flexibility index (Phi) is 3.51. The van der Waals surface area contributed by atoms with Crippen LogP contribution in [0.4, 0.5) is 5.82 Å². The lowest BCUT2D eigenvalue weighted by atomic mass is 10.2. The second-order valence-electron chi connectivity index (χ2n) is 4.33. The summed E-state index contributed by atoms with van der Waals surface area (Å²) in [7, 11) is 1.92. The number of anilines is 1. The molecule has 0 saturated carbocycles. The number of nitrogens with zero attached hydrogens (tertiary/aromatic N) is 5. The van der Waals surface area contributed by atoms with E-state index in [1.807, 2.05) is 32.4 Å². The first-order chi connectivity index (χ1) is 8.47. The highest BCUT2D eigenvalue weighted by Crippen LogP contribution is 2.26. The van der Waals surface area contributed by atoms with Crippen LogP contribution in [0.25, 0.3) is 0 Å². The van der Waals surface area contributed by atoms with Gasteiger partial charge in [0.05, 0.1) is 0 Å². The Bertz CT molecular complexity index is 563. The summed E-state index contributed by atoms with van der Waals surface area (Å²) >= 11 is 1.44. The molecule has 7 heteroatoms. The second kappa shape index (κ2) is 4.93. The molecule has 2 aromatic heterocycles. The third-order valence-electron chi connectivity index (χ3n) is 2.50. The molecule has 0 aromatic carbocycles. The van der Waals surface area contributed by atoms with Gasteiger partial charge in [0.25, 0.3) is 0 Å². The van der Waals surface area contributed by atoms with Gasteiger partial charge in [0.15, 0.2) is 5.16 Å². The van der Waals surface area contributed by atoms with E-state index < -0.39 is 0 Å². The van der Waals surface area contributed by atoms with E-state index >= 15 is 0 Å². The van der Waals surface area contributed by atoms with Crippen molar-refractivity contribution in [2.24, 2.45) is 7.05 Å². The third kappa shape index (κ3) is 2.61. The van der Waals surface area contributed by atoms with E-state index in [0.717, 1.165) is 21.8 Å². The Hall–Kier alpha value is -1.63. The zero-order valence-electron chi connectivity index (χ0n) is 10.9. The first-order valence-corrected chi connectivity index (χ1v) is 6.47. The quantitative estimate of drug-likeness (QED) is 0.851. The van der Waals surface area contributed by atoms with Crippen LogP contribution in [-0.4, -0.2) is 24.7 Å². The number of nitrogen functional groups attached to an aromatic ring is 1. The summed E-state index contributed by atoms with van der Waals surface area (Å²) in [5, 5.41) is 9.68. The maximum atomic E-state index is 5.79. The Morgan fingerprint density at radius 1 is 1.28 bits per heavy atom. The molecule has 0 fully saturated rings. The highest BCUT2D eigenvalue weighted by Gasteiger charge is 2.11. The maximum Gasteiger partial charge on any atom is 0.197 e. The highest BCUT2D eigenvalue weighted by atomic mass is 32.2. The number of aryl methyl sites for hydroxylation is 1. The number of aromatic nitrogens is 5. The van der Waals surface area contributed by atoms with Crippen LogP contribution in [-0.2, 0) is 7.05 Å². The van der Waals surface area contributed by atoms with Crippen molar-refractivity contribution in [2.45, 2.75) is 36.9 Å². The maximum absolute atomic E-state index is 5.79. The van der Waals surface area contributed by atoms with Crippen LogP contribution in [0.2, 0.25) is 0 Å². The standard InChI is InChI=1S/C11H16N6S/c1-6(2)10-13-8(12)5-9(14-10)18-11-16-15-7(3)17(11)4/h5-6H,1-4H3,(H2,12,13,14). The normalized spacial score (nSPS) is 11.2. The van der Waals surface area contributed by atoms with Gasteiger partial charge in [-0.05, 0) is 18.7 Å². The molecular formula is C11H16N6S. The van der Waals surface area contributed by atoms with Crippen LogP contribution < -0.4 is 5.73 Å². The molecule has 0 radical (unpaired) electrons. The van der Waals surface area contributed by atoms with Crippen LogP contribution in [0.1, 0.15) is 31.4 Å². The fourth-order valence-electron chi connectivity index (χ4n) is 1.34. The fourth-order valence-corrected chi connectivity index (χ4v) is 2.20. The van der Waals surface area contributed by atoms with Crippen molar-refractivity contribution in [1.82, 2.24) is 24.7 Å². The molecule has 18 heavy (non-hydrogen) atoms. The summed E-state index contributed by atoms with van der Waals surface area (Å²) in [5.41, 5.74) is 5.79. The molecule has 2 aromatic rings. The van der Waals surface area contributed by atoms with Crippen molar-refractivity contribution >= 4 is 17.6 Å². The van der Waals surface area contributed by atoms with Gasteiger partial charge >= 0.3 is 0 Å².